The molecule has 2 aliphatic heterocycles. The van der Waals surface area contributed by atoms with Gasteiger partial charge >= 0.3 is 0 Å². The van der Waals surface area contributed by atoms with Crippen LogP contribution in [0.3, 0.4) is 0 Å². The van der Waals surface area contributed by atoms with Gasteiger partial charge in [-0.3, -0.25) is 4.99 Å². The predicted molar refractivity (Wildman–Crippen MR) is 116 cm³/mol. The van der Waals surface area contributed by atoms with Crippen LogP contribution in [0.5, 0.6) is 0 Å². The molecule has 2 fully saturated rings. The van der Waals surface area contributed by atoms with Crippen LogP contribution < -0.4 is 0 Å². The average molecular weight is 417 g/mol. The third kappa shape index (κ3) is 5.65. The van der Waals surface area contributed by atoms with E-state index in [4.69, 9.17) is 9.47 Å². The number of aliphatic hydroxyl groups is 2. The highest BCUT2D eigenvalue weighted by atomic mass is 16.5. The van der Waals surface area contributed by atoms with Crippen LogP contribution in [0.25, 0.3) is 0 Å². The molecule has 1 aliphatic carbocycles. The van der Waals surface area contributed by atoms with Crippen molar-refractivity contribution in [2.45, 2.75) is 83.5 Å². The molecule has 0 aromatic carbocycles. The van der Waals surface area contributed by atoms with Crippen LogP contribution in [0, 0.1) is 29.1 Å². The lowest BCUT2D eigenvalue weighted by Gasteiger charge is -2.18. The smallest absolute Gasteiger partial charge is 0.183 e. The van der Waals surface area contributed by atoms with Gasteiger partial charge in [0, 0.05) is 31.1 Å². The Hall–Kier alpha value is -1.84. The van der Waals surface area contributed by atoms with Gasteiger partial charge in [0.25, 0.3) is 0 Å². The van der Waals surface area contributed by atoms with E-state index in [1.807, 2.05) is 12.2 Å². The summed E-state index contributed by atoms with van der Waals surface area (Å²) in [6.45, 7) is 5.62. The Labute approximate surface area is 180 Å². The van der Waals surface area contributed by atoms with E-state index in [0.29, 0.717) is 31.4 Å². The van der Waals surface area contributed by atoms with Crippen molar-refractivity contribution < 1.29 is 19.7 Å². The highest BCUT2D eigenvalue weighted by molar-refractivity contribution is 5.77. The molecule has 0 amide bonds. The fraction of sp³-hybridized carbons (Fsp3) is 0.750. The number of hydrogen-bond acceptors (Lipinski definition) is 6. The van der Waals surface area contributed by atoms with Crippen LogP contribution in [-0.2, 0) is 9.47 Å². The highest BCUT2D eigenvalue weighted by Crippen LogP contribution is 2.46. The Morgan fingerprint density at radius 1 is 1.40 bits per heavy atom. The molecule has 0 spiro atoms. The number of nitriles is 1. The third-order valence-electron chi connectivity index (χ3n) is 6.67. The SMILES string of the molecule is CCCCC(C)[C@H](O)C=C[C@H]1C(O)C[C@@H]2OC(=C(C#N)CCCC3=NCCO3)C[C@@H]21. The summed E-state index contributed by atoms with van der Waals surface area (Å²) in [5, 5.41) is 30.6. The molecule has 2 heterocycles. The van der Waals surface area contributed by atoms with Gasteiger partial charge in [0.05, 0.1) is 30.4 Å². The Morgan fingerprint density at radius 2 is 2.23 bits per heavy atom. The lowest BCUT2D eigenvalue weighted by molar-refractivity contribution is 0.110. The van der Waals surface area contributed by atoms with Crippen molar-refractivity contribution in [2.75, 3.05) is 13.2 Å². The molecule has 0 aromatic rings. The lowest BCUT2D eigenvalue weighted by atomic mass is 9.89. The van der Waals surface area contributed by atoms with Crippen molar-refractivity contribution in [3.8, 4) is 6.07 Å². The molecule has 0 radical (unpaired) electrons. The molecule has 30 heavy (non-hydrogen) atoms. The van der Waals surface area contributed by atoms with E-state index in [9.17, 15) is 15.5 Å². The molecule has 1 saturated carbocycles. The Balaban J connectivity index is 1.57. The topological polar surface area (TPSA) is 95.1 Å². The quantitative estimate of drug-likeness (QED) is 0.416. The van der Waals surface area contributed by atoms with Crippen LogP contribution in [-0.4, -0.2) is 47.6 Å². The Bertz CT molecular complexity index is 708. The van der Waals surface area contributed by atoms with E-state index in [2.05, 4.69) is 24.9 Å². The van der Waals surface area contributed by atoms with Crippen molar-refractivity contribution in [3.63, 3.8) is 0 Å². The first-order valence-corrected chi connectivity index (χ1v) is 11.5. The fourth-order valence-corrected chi connectivity index (χ4v) is 4.75. The zero-order valence-electron chi connectivity index (χ0n) is 18.3. The van der Waals surface area contributed by atoms with Crippen molar-refractivity contribution in [2.24, 2.45) is 22.7 Å². The monoisotopic (exact) mass is 416 g/mol. The third-order valence-corrected chi connectivity index (χ3v) is 6.67. The molecule has 3 aliphatic rings. The first kappa shape index (κ1) is 22.8. The van der Waals surface area contributed by atoms with Crippen LogP contribution in [0.1, 0.15) is 65.2 Å². The first-order valence-electron chi connectivity index (χ1n) is 11.5. The normalized spacial score (nSPS) is 31.6. The summed E-state index contributed by atoms with van der Waals surface area (Å²) in [7, 11) is 0. The molecular weight excluding hydrogens is 380 g/mol. The van der Waals surface area contributed by atoms with E-state index in [-0.39, 0.29) is 23.9 Å². The molecule has 0 bridgehead atoms. The van der Waals surface area contributed by atoms with Gasteiger partial charge in [-0.25, -0.2) is 0 Å². The summed E-state index contributed by atoms with van der Waals surface area (Å²) < 4.78 is 11.5. The maximum atomic E-state index is 10.5. The number of nitrogens with zero attached hydrogens (tertiary/aromatic N) is 2. The van der Waals surface area contributed by atoms with Crippen molar-refractivity contribution in [1.82, 2.24) is 0 Å². The summed E-state index contributed by atoms with van der Waals surface area (Å²) in [4.78, 5) is 4.29. The summed E-state index contributed by atoms with van der Waals surface area (Å²) in [6, 6.07) is 2.32. The summed E-state index contributed by atoms with van der Waals surface area (Å²) in [5.74, 6) is 1.91. The summed E-state index contributed by atoms with van der Waals surface area (Å²) in [5.41, 5.74) is 0.702. The molecule has 3 rings (SSSR count). The van der Waals surface area contributed by atoms with Gasteiger partial charge in [-0.05, 0) is 25.2 Å². The predicted octanol–water partition coefficient (Wildman–Crippen LogP) is 3.89. The van der Waals surface area contributed by atoms with Crippen molar-refractivity contribution >= 4 is 5.90 Å². The van der Waals surface area contributed by atoms with Crippen molar-refractivity contribution in [1.29, 1.82) is 5.26 Å². The molecule has 166 valence electrons. The Kier molecular flexibility index (Phi) is 8.35. The molecular formula is C24H36N2O4. The molecule has 0 aromatic heterocycles. The van der Waals surface area contributed by atoms with Gasteiger partial charge in [-0.15, -0.1) is 0 Å². The van der Waals surface area contributed by atoms with Gasteiger partial charge in [0.1, 0.15) is 18.5 Å². The number of allylic oxidation sites excluding steroid dienone is 2. The van der Waals surface area contributed by atoms with Gasteiger partial charge in [-0.2, -0.15) is 5.26 Å². The minimum atomic E-state index is -0.490. The van der Waals surface area contributed by atoms with E-state index in [1.165, 1.54) is 0 Å². The average Bonchev–Trinajstić information content (AvgIpc) is 3.45. The highest BCUT2D eigenvalue weighted by Gasteiger charge is 2.47. The standard InChI is InChI=1S/C24H36N2O4/c1-3-4-6-16(2)20(27)10-9-18-19-13-22(30-23(19)14-21(18)28)17(15-25)7-5-8-24-26-11-12-29-24/h9-10,16,18-21,23,27-28H,3-8,11-14H2,1-2H3/t16?,18-,19-,20-,21?,23+/m1/s1. The van der Waals surface area contributed by atoms with Crippen LogP contribution >= 0.6 is 0 Å². The van der Waals surface area contributed by atoms with Crippen molar-refractivity contribution in [3.05, 3.63) is 23.5 Å². The van der Waals surface area contributed by atoms with Crippen LogP contribution in [0.15, 0.2) is 28.5 Å². The summed E-state index contributed by atoms with van der Waals surface area (Å²) in [6.07, 6.45) is 9.56. The second-order valence-electron chi connectivity index (χ2n) is 8.89. The zero-order valence-corrected chi connectivity index (χ0v) is 18.3. The van der Waals surface area contributed by atoms with Gasteiger partial charge in [-0.1, -0.05) is 38.8 Å². The van der Waals surface area contributed by atoms with Gasteiger partial charge in [0.2, 0.25) is 0 Å². The summed E-state index contributed by atoms with van der Waals surface area (Å²) >= 11 is 0. The zero-order chi connectivity index (χ0) is 21.5. The number of ether oxygens (including phenoxy) is 2. The second-order valence-corrected chi connectivity index (χ2v) is 8.89. The van der Waals surface area contributed by atoms with E-state index in [0.717, 1.165) is 50.3 Å². The number of rotatable bonds is 10. The number of fused-ring (bicyclic) bond motifs is 1. The number of unbranched alkanes of at least 4 members (excludes halogenated alkanes) is 1. The number of aliphatic hydroxyl groups excluding tert-OH is 2. The molecule has 6 atom stereocenters. The maximum absolute atomic E-state index is 10.5. The van der Waals surface area contributed by atoms with E-state index in [1.54, 1.807) is 0 Å². The van der Waals surface area contributed by atoms with Crippen LogP contribution in [0.2, 0.25) is 0 Å². The molecule has 6 nitrogen and oxygen atoms in total. The second kappa shape index (κ2) is 11.0. The van der Waals surface area contributed by atoms with Gasteiger partial charge in [0.15, 0.2) is 5.90 Å². The largest absolute Gasteiger partial charge is 0.493 e. The number of aliphatic imine (C=N–C) groups is 1. The minimum Gasteiger partial charge on any atom is -0.493 e. The Morgan fingerprint density at radius 3 is 2.93 bits per heavy atom. The van der Waals surface area contributed by atoms with Crippen LogP contribution in [0.4, 0.5) is 0 Å². The maximum Gasteiger partial charge on any atom is 0.183 e. The lowest BCUT2D eigenvalue weighted by Crippen LogP contribution is -2.20. The fourth-order valence-electron chi connectivity index (χ4n) is 4.75. The minimum absolute atomic E-state index is 0.0401. The molecule has 6 heteroatoms. The van der Waals surface area contributed by atoms with Gasteiger partial charge < -0.3 is 19.7 Å². The molecule has 2 N–H and O–H groups in total. The van der Waals surface area contributed by atoms with E-state index < -0.39 is 12.2 Å². The van der Waals surface area contributed by atoms with E-state index >= 15 is 0 Å². The molecule has 1 saturated heterocycles. The first-order chi connectivity index (χ1) is 14.5. The number of hydrogen-bond donors (Lipinski definition) is 2. The molecule has 2 unspecified atom stereocenters.